The Morgan fingerprint density at radius 2 is 2.11 bits per heavy atom. The van der Waals surface area contributed by atoms with Gasteiger partial charge in [0.2, 0.25) is 11.8 Å². The van der Waals surface area contributed by atoms with Crippen molar-refractivity contribution in [3.63, 3.8) is 0 Å². The van der Waals surface area contributed by atoms with E-state index in [-0.39, 0.29) is 36.7 Å². The third-order valence-electron chi connectivity index (χ3n) is 3.05. The van der Waals surface area contributed by atoms with Crippen LogP contribution in [0.4, 0.5) is 0 Å². The summed E-state index contributed by atoms with van der Waals surface area (Å²) in [6.07, 6.45) is 1.97. The van der Waals surface area contributed by atoms with Crippen LogP contribution in [0.15, 0.2) is 0 Å². The summed E-state index contributed by atoms with van der Waals surface area (Å²) in [5.41, 5.74) is 0. The predicted octanol–water partition coefficient (Wildman–Crippen LogP) is 0.392. The van der Waals surface area contributed by atoms with Crippen LogP contribution in [0.1, 0.15) is 26.7 Å². The number of halogens is 1. The predicted molar refractivity (Wildman–Crippen MR) is 73.8 cm³/mol. The first-order valence-electron chi connectivity index (χ1n) is 6.45. The number of nitrogens with one attached hydrogen (secondary N) is 2. The lowest BCUT2D eigenvalue weighted by Gasteiger charge is -2.28. The average Bonchev–Trinajstić information content (AvgIpc) is 2.36. The summed E-state index contributed by atoms with van der Waals surface area (Å²) < 4.78 is 0. The van der Waals surface area contributed by atoms with Gasteiger partial charge in [-0.15, -0.1) is 12.4 Å². The molecule has 5 nitrogen and oxygen atoms in total. The summed E-state index contributed by atoms with van der Waals surface area (Å²) in [6, 6.07) is 0. The van der Waals surface area contributed by atoms with E-state index in [2.05, 4.69) is 10.6 Å². The van der Waals surface area contributed by atoms with E-state index in [1.165, 1.54) is 0 Å². The number of rotatable bonds is 5. The van der Waals surface area contributed by atoms with E-state index < -0.39 is 0 Å². The molecule has 1 saturated heterocycles. The second-order valence-electron chi connectivity index (χ2n) is 4.35. The van der Waals surface area contributed by atoms with E-state index in [1.807, 2.05) is 13.8 Å². The van der Waals surface area contributed by atoms with Crippen molar-refractivity contribution >= 4 is 24.2 Å². The third kappa shape index (κ3) is 5.23. The van der Waals surface area contributed by atoms with Gasteiger partial charge >= 0.3 is 0 Å². The zero-order valence-electron chi connectivity index (χ0n) is 11.2. The first-order chi connectivity index (χ1) is 8.19. The minimum absolute atomic E-state index is 0. The summed E-state index contributed by atoms with van der Waals surface area (Å²) in [6.45, 7) is 6.90. The zero-order valence-corrected chi connectivity index (χ0v) is 12.0. The maximum Gasteiger partial charge on any atom is 0.239 e. The fraction of sp³-hybridized carbons (Fsp3) is 0.833. The van der Waals surface area contributed by atoms with Gasteiger partial charge in [-0.05, 0) is 33.2 Å². The molecule has 106 valence electrons. The monoisotopic (exact) mass is 277 g/mol. The average molecular weight is 278 g/mol. The summed E-state index contributed by atoms with van der Waals surface area (Å²) in [5.74, 6) is 0.0653. The van der Waals surface area contributed by atoms with Gasteiger partial charge in [-0.3, -0.25) is 9.59 Å². The summed E-state index contributed by atoms with van der Waals surface area (Å²) >= 11 is 0. The van der Waals surface area contributed by atoms with Crippen molar-refractivity contribution in [2.45, 2.75) is 26.7 Å². The highest BCUT2D eigenvalue weighted by Crippen LogP contribution is 2.13. The van der Waals surface area contributed by atoms with Gasteiger partial charge in [0.15, 0.2) is 0 Å². The number of likely N-dealkylation sites (N-methyl/N-ethyl adjacent to an activating group) is 2. The maximum atomic E-state index is 12.2. The first kappa shape index (κ1) is 17.2. The van der Waals surface area contributed by atoms with E-state index in [1.54, 1.807) is 4.90 Å². The Bertz CT molecular complexity index is 268. The van der Waals surface area contributed by atoms with Crippen LogP contribution in [0.25, 0.3) is 0 Å². The molecule has 1 heterocycles. The highest BCUT2D eigenvalue weighted by molar-refractivity contribution is 5.86. The summed E-state index contributed by atoms with van der Waals surface area (Å²) in [4.78, 5) is 25.3. The molecule has 2 amide bonds. The zero-order chi connectivity index (χ0) is 12.7. The van der Waals surface area contributed by atoms with Gasteiger partial charge in [-0.2, -0.15) is 0 Å². The van der Waals surface area contributed by atoms with Crippen molar-refractivity contribution in [1.82, 2.24) is 15.5 Å². The van der Waals surface area contributed by atoms with Crippen LogP contribution < -0.4 is 10.6 Å². The second kappa shape index (κ2) is 9.16. The minimum Gasteiger partial charge on any atom is -0.355 e. The van der Waals surface area contributed by atoms with Crippen molar-refractivity contribution in [3.05, 3.63) is 0 Å². The van der Waals surface area contributed by atoms with Crippen LogP contribution >= 0.6 is 12.4 Å². The molecule has 0 spiro atoms. The van der Waals surface area contributed by atoms with E-state index >= 15 is 0 Å². The summed E-state index contributed by atoms with van der Waals surface area (Å²) in [7, 11) is 0. The van der Waals surface area contributed by atoms with Crippen LogP contribution in [0, 0.1) is 5.92 Å². The molecule has 6 heteroatoms. The van der Waals surface area contributed by atoms with E-state index in [0.29, 0.717) is 13.1 Å². The van der Waals surface area contributed by atoms with Crippen LogP contribution in [-0.4, -0.2) is 49.4 Å². The topological polar surface area (TPSA) is 61.4 Å². The second-order valence-corrected chi connectivity index (χ2v) is 4.35. The molecule has 1 rings (SSSR count). The molecule has 0 aliphatic carbocycles. The molecule has 0 aromatic heterocycles. The molecule has 0 saturated carbocycles. The maximum absolute atomic E-state index is 12.2. The molecular weight excluding hydrogens is 254 g/mol. The molecule has 2 N–H and O–H groups in total. The highest BCUT2D eigenvalue weighted by atomic mass is 35.5. The SMILES string of the molecule is CCNC(=O)CN(CC)C(=O)C1CCCNC1.Cl. The number of hydrogen-bond acceptors (Lipinski definition) is 3. The molecule has 0 aromatic rings. The molecule has 1 aliphatic heterocycles. The number of amides is 2. The summed E-state index contributed by atoms with van der Waals surface area (Å²) in [5, 5.41) is 5.94. The quantitative estimate of drug-likeness (QED) is 0.764. The van der Waals surface area contributed by atoms with Gasteiger partial charge in [0.1, 0.15) is 0 Å². The van der Waals surface area contributed by atoms with Gasteiger partial charge in [-0.1, -0.05) is 0 Å². The van der Waals surface area contributed by atoms with Gasteiger partial charge in [0.25, 0.3) is 0 Å². The fourth-order valence-electron chi connectivity index (χ4n) is 2.09. The van der Waals surface area contributed by atoms with Crippen molar-refractivity contribution < 1.29 is 9.59 Å². The molecule has 18 heavy (non-hydrogen) atoms. The normalized spacial score (nSPS) is 18.7. The molecule has 0 bridgehead atoms. The first-order valence-corrected chi connectivity index (χ1v) is 6.45. The molecule has 1 atom stereocenters. The van der Waals surface area contributed by atoms with Crippen LogP contribution in [0.3, 0.4) is 0 Å². The lowest BCUT2D eigenvalue weighted by Crippen LogP contribution is -2.46. The number of carbonyl (C=O) groups excluding carboxylic acids is 2. The van der Waals surface area contributed by atoms with E-state index in [4.69, 9.17) is 0 Å². The Morgan fingerprint density at radius 1 is 1.39 bits per heavy atom. The lowest BCUT2D eigenvalue weighted by atomic mass is 9.98. The van der Waals surface area contributed by atoms with Gasteiger partial charge in [0.05, 0.1) is 12.5 Å². The van der Waals surface area contributed by atoms with Crippen molar-refractivity contribution in [2.75, 3.05) is 32.7 Å². The fourth-order valence-corrected chi connectivity index (χ4v) is 2.09. The largest absolute Gasteiger partial charge is 0.355 e. The van der Waals surface area contributed by atoms with Crippen molar-refractivity contribution in [3.8, 4) is 0 Å². The Kier molecular flexibility index (Phi) is 8.75. The Labute approximate surface area is 115 Å². The molecular formula is C12H24ClN3O2. The molecule has 1 fully saturated rings. The van der Waals surface area contributed by atoms with Crippen LogP contribution in [0.5, 0.6) is 0 Å². The standard InChI is InChI=1S/C12H23N3O2.ClH/c1-3-14-11(16)9-15(4-2)12(17)10-6-5-7-13-8-10;/h10,13H,3-9H2,1-2H3,(H,14,16);1H. The van der Waals surface area contributed by atoms with Crippen molar-refractivity contribution in [2.24, 2.45) is 5.92 Å². The van der Waals surface area contributed by atoms with Gasteiger partial charge in [0, 0.05) is 19.6 Å². The Hall–Kier alpha value is -0.810. The molecule has 0 radical (unpaired) electrons. The lowest BCUT2D eigenvalue weighted by molar-refractivity contribution is -0.139. The van der Waals surface area contributed by atoms with E-state index in [0.717, 1.165) is 25.9 Å². The van der Waals surface area contributed by atoms with Crippen LogP contribution in [0.2, 0.25) is 0 Å². The molecule has 1 aliphatic rings. The number of nitrogens with zero attached hydrogens (tertiary/aromatic N) is 1. The smallest absolute Gasteiger partial charge is 0.239 e. The van der Waals surface area contributed by atoms with E-state index in [9.17, 15) is 9.59 Å². The Balaban J connectivity index is 0.00000289. The third-order valence-corrected chi connectivity index (χ3v) is 3.05. The van der Waals surface area contributed by atoms with Gasteiger partial charge < -0.3 is 15.5 Å². The number of piperidine rings is 1. The number of carbonyl (C=O) groups is 2. The van der Waals surface area contributed by atoms with Gasteiger partial charge in [-0.25, -0.2) is 0 Å². The highest BCUT2D eigenvalue weighted by Gasteiger charge is 2.25. The Morgan fingerprint density at radius 3 is 2.61 bits per heavy atom. The minimum atomic E-state index is -0.0773. The van der Waals surface area contributed by atoms with Crippen molar-refractivity contribution in [1.29, 1.82) is 0 Å². The number of hydrogen-bond donors (Lipinski definition) is 2. The molecule has 0 aromatic carbocycles. The molecule has 1 unspecified atom stereocenters. The van der Waals surface area contributed by atoms with Crippen LogP contribution in [-0.2, 0) is 9.59 Å².